The lowest BCUT2D eigenvalue weighted by molar-refractivity contribution is 0.443. The maximum absolute atomic E-state index is 4.49. The fraction of sp³-hybridized carbons (Fsp3) is 0.438. The summed E-state index contributed by atoms with van der Waals surface area (Å²) in [7, 11) is 4.01. The maximum atomic E-state index is 4.49. The standard InChI is InChI=1S/C16H23N3/c1-4-15(13-8-6-5-7-9-13)16(17-2)12-14-10-11-19(3)18-14/h5-11,15-17H,4,12H2,1-3H3. The summed E-state index contributed by atoms with van der Waals surface area (Å²) in [6.45, 7) is 2.25. The van der Waals surface area contributed by atoms with Gasteiger partial charge < -0.3 is 5.32 Å². The Kier molecular flexibility index (Phi) is 4.74. The summed E-state index contributed by atoms with van der Waals surface area (Å²) in [6.07, 6.45) is 4.10. The molecule has 102 valence electrons. The topological polar surface area (TPSA) is 29.9 Å². The number of hydrogen-bond acceptors (Lipinski definition) is 2. The van der Waals surface area contributed by atoms with Crippen LogP contribution in [-0.2, 0) is 13.5 Å². The predicted molar refractivity (Wildman–Crippen MR) is 79.2 cm³/mol. The molecule has 0 amide bonds. The van der Waals surface area contributed by atoms with Crippen molar-refractivity contribution in [1.29, 1.82) is 0 Å². The van der Waals surface area contributed by atoms with Crippen LogP contribution >= 0.6 is 0 Å². The van der Waals surface area contributed by atoms with E-state index in [4.69, 9.17) is 0 Å². The van der Waals surface area contributed by atoms with Crippen molar-refractivity contribution in [2.24, 2.45) is 7.05 Å². The normalized spacial score (nSPS) is 14.3. The Morgan fingerprint density at radius 3 is 2.47 bits per heavy atom. The number of nitrogens with zero attached hydrogens (tertiary/aromatic N) is 2. The van der Waals surface area contributed by atoms with E-state index in [0.717, 1.165) is 18.5 Å². The third kappa shape index (κ3) is 3.44. The molecule has 1 aromatic heterocycles. The number of aryl methyl sites for hydroxylation is 1. The molecule has 0 aliphatic carbocycles. The Labute approximate surface area is 115 Å². The molecule has 1 heterocycles. The first-order valence-corrected chi connectivity index (χ1v) is 6.95. The summed E-state index contributed by atoms with van der Waals surface area (Å²) >= 11 is 0. The lowest BCUT2D eigenvalue weighted by atomic mass is 9.87. The van der Waals surface area contributed by atoms with Gasteiger partial charge in [0.15, 0.2) is 0 Å². The van der Waals surface area contributed by atoms with Crippen LogP contribution in [0.5, 0.6) is 0 Å². The predicted octanol–water partition coefficient (Wildman–Crippen LogP) is 2.74. The highest BCUT2D eigenvalue weighted by atomic mass is 15.2. The zero-order valence-corrected chi connectivity index (χ0v) is 12.0. The highest BCUT2D eigenvalue weighted by Crippen LogP contribution is 2.25. The molecule has 0 saturated heterocycles. The summed E-state index contributed by atoms with van der Waals surface area (Å²) in [5.41, 5.74) is 2.55. The lowest BCUT2D eigenvalue weighted by Gasteiger charge is -2.26. The van der Waals surface area contributed by atoms with Crippen LogP contribution in [0.3, 0.4) is 0 Å². The molecule has 3 nitrogen and oxygen atoms in total. The van der Waals surface area contributed by atoms with E-state index in [1.807, 2.05) is 25.0 Å². The smallest absolute Gasteiger partial charge is 0.0640 e. The largest absolute Gasteiger partial charge is 0.316 e. The molecule has 0 bridgehead atoms. The summed E-state index contributed by atoms with van der Waals surface area (Å²) in [5.74, 6) is 0.521. The van der Waals surface area contributed by atoms with E-state index in [1.54, 1.807) is 0 Å². The second-order valence-corrected chi connectivity index (χ2v) is 5.01. The molecule has 1 N–H and O–H groups in total. The molecule has 0 saturated carbocycles. The van der Waals surface area contributed by atoms with E-state index in [-0.39, 0.29) is 0 Å². The zero-order chi connectivity index (χ0) is 13.7. The molecular weight excluding hydrogens is 234 g/mol. The van der Waals surface area contributed by atoms with Crippen molar-refractivity contribution in [3.8, 4) is 0 Å². The van der Waals surface area contributed by atoms with Gasteiger partial charge in [-0.3, -0.25) is 4.68 Å². The summed E-state index contributed by atoms with van der Waals surface area (Å²) in [4.78, 5) is 0. The van der Waals surface area contributed by atoms with Crippen LogP contribution in [-0.4, -0.2) is 22.9 Å². The van der Waals surface area contributed by atoms with E-state index in [1.165, 1.54) is 5.56 Å². The minimum absolute atomic E-state index is 0.419. The van der Waals surface area contributed by atoms with Gasteiger partial charge in [-0.05, 0) is 31.0 Å². The number of likely N-dealkylation sites (N-methyl/N-ethyl adjacent to an activating group) is 1. The Balaban J connectivity index is 2.15. The maximum Gasteiger partial charge on any atom is 0.0640 e. The minimum Gasteiger partial charge on any atom is -0.316 e. The number of rotatable bonds is 6. The molecule has 0 spiro atoms. The van der Waals surface area contributed by atoms with Gasteiger partial charge in [0.2, 0.25) is 0 Å². The molecule has 0 radical (unpaired) electrons. The Hall–Kier alpha value is -1.61. The van der Waals surface area contributed by atoms with Gasteiger partial charge in [-0.25, -0.2) is 0 Å². The molecule has 0 aliphatic heterocycles. The molecule has 0 fully saturated rings. The number of benzene rings is 1. The van der Waals surface area contributed by atoms with Crippen LogP contribution in [0.2, 0.25) is 0 Å². The first-order valence-electron chi connectivity index (χ1n) is 6.95. The zero-order valence-electron chi connectivity index (χ0n) is 12.0. The van der Waals surface area contributed by atoms with Gasteiger partial charge in [0, 0.05) is 25.7 Å². The number of aromatic nitrogens is 2. The van der Waals surface area contributed by atoms with Crippen LogP contribution in [0, 0.1) is 0 Å². The third-order valence-electron chi connectivity index (χ3n) is 3.72. The van der Waals surface area contributed by atoms with Crippen LogP contribution in [0.1, 0.15) is 30.5 Å². The van der Waals surface area contributed by atoms with Gasteiger partial charge in [0.1, 0.15) is 0 Å². The molecule has 2 rings (SSSR count). The van der Waals surface area contributed by atoms with Gasteiger partial charge >= 0.3 is 0 Å². The molecule has 2 atom stereocenters. The van der Waals surface area contributed by atoms with Crippen LogP contribution < -0.4 is 5.32 Å². The average Bonchev–Trinajstić information content (AvgIpc) is 2.85. The van der Waals surface area contributed by atoms with Gasteiger partial charge in [-0.1, -0.05) is 37.3 Å². The highest BCUT2D eigenvalue weighted by Gasteiger charge is 2.21. The SMILES string of the molecule is CCC(c1ccccc1)C(Cc1ccn(C)n1)NC. The Bertz CT molecular complexity index is 490. The molecular formula is C16H23N3. The molecule has 2 unspecified atom stereocenters. The second-order valence-electron chi connectivity index (χ2n) is 5.01. The molecule has 1 aromatic carbocycles. The lowest BCUT2D eigenvalue weighted by Crippen LogP contribution is -2.34. The van der Waals surface area contributed by atoms with Crippen LogP contribution in [0.15, 0.2) is 42.6 Å². The fourth-order valence-corrected chi connectivity index (χ4v) is 2.70. The van der Waals surface area contributed by atoms with Crippen molar-refractivity contribution < 1.29 is 0 Å². The Morgan fingerprint density at radius 2 is 1.95 bits per heavy atom. The van der Waals surface area contributed by atoms with E-state index < -0.39 is 0 Å². The average molecular weight is 257 g/mol. The van der Waals surface area contributed by atoms with Crippen molar-refractivity contribution >= 4 is 0 Å². The summed E-state index contributed by atoms with van der Waals surface area (Å²) in [6, 6.07) is 13.3. The number of hydrogen-bond donors (Lipinski definition) is 1. The summed E-state index contributed by atoms with van der Waals surface area (Å²) in [5, 5.41) is 7.95. The molecule has 2 aromatic rings. The van der Waals surface area contributed by atoms with Crippen molar-refractivity contribution in [1.82, 2.24) is 15.1 Å². The fourth-order valence-electron chi connectivity index (χ4n) is 2.70. The first kappa shape index (κ1) is 13.8. The van der Waals surface area contributed by atoms with Gasteiger partial charge in [-0.2, -0.15) is 5.10 Å². The van der Waals surface area contributed by atoms with Gasteiger partial charge in [0.05, 0.1) is 5.69 Å². The van der Waals surface area contributed by atoms with Gasteiger partial charge in [0.25, 0.3) is 0 Å². The highest BCUT2D eigenvalue weighted by molar-refractivity contribution is 5.22. The molecule has 3 heteroatoms. The third-order valence-corrected chi connectivity index (χ3v) is 3.72. The van der Waals surface area contributed by atoms with Crippen molar-refractivity contribution in [2.45, 2.75) is 31.7 Å². The minimum atomic E-state index is 0.419. The quantitative estimate of drug-likeness (QED) is 0.862. The van der Waals surface area contributed by atoms with E-state index >= 15 is 0 Å². The van der Waals surface area contributed by atoms with Crippen LogP contribution in [0.25, 0.3) is 0 Å². The second kappa shape index (κ2) is 6.53. The number of nitrogens with one attached hydrogen (secondary N) is 1. The first-order chi connectivity index (χ1) is 9.24. The van der Waals surface area contributed by atoms with Gasteiger partial charge in [-0.15, -0.1) is 0 Å². The monoisotopic (exact) mass is 257 g/mol. The van der Waals surface area contributed by atoms with Crippen molar-refractivity contribution in [2.75, 3.05) is 7.05 Å². The summed E-state index contributed by atoms with van der Waals surface area (Å²) < 4.78 is 1.87. The Morgan fingerprint density at radius 1 is 1.21 bits per heavy atom. The van der Waals surface area contributed by atoms with Crippen molar-refractivity contribution in [3.05, 3.63) is 53.9 Å². The van der Waals surface area contributed by atoms with E-state index in [0.29, 0.717) is 12.0 Å². The van der Waals surface area contributed by atoms with Crippen molar-refractivity contribution in [3.63, 3.8) is 0 Å². The van der Waals surface area contributed by atoms with E-state index in [9.17, 15) is 0 Å². The molecule has 0 aliphatic rings. The van der Waals surface area contributed by atoms with E-state index in [2.05, 4.69) is 53.7 Å². The van der Waals surface area contributed by atoms with Crippen LogP contribution in [0.4, 0.5) is 0 Å². The molecule has 19 heavy (non-hydrogen) atoms.